The highest BCUT2D eigenvalue weighted by molar-refractivity contribution is 9.10. The zero-order valence-corrected chi connectivity index (χ0v) is 18.1. The van der Waals surface area contributed by atoms with Crippen LogP contribution in [0, 0.1) is 0 Å². The van der Waals surface area contributed by atoms with Crippen LogP contribution in [0.5, 0.6) is 11.5 Å². The van der Waals surface area contributed by atoms with Crippen LogP contribution >= 0.6 is 15.9 Å². The van der Waals surface area contributed by atoms with Crippen molar-refractivity contribution in [3.63, 3.8) is 0 Å². The van der Waals surface area contributed by atoms with E-state index in [1.165, 1.54) is 37.5 Å². The van der Waals surface area contributed by atoms with Gasteiger partial charge in [0.15, 0.2) is 11.5 Å². The molecule has 1 heterocycles. The van der Waals surface area contributed by atoms with Crippen molar-refractivity contribution in [3.05, 3.63) is 57.6 Å². The second-order valence-electron chi connectivity index (χ2n) is 6.28. The van der Waals surface area contributed by atoms with E-state index in [-0.39, 0.29) is 16.8 Å². The third-order valence-electron chi connectivity index (χ3n) is 4.33. The van der Waals surface area contributed by atoms with E-state index in [1.54, 1.807) is 12.1 Å². The number of nitrogens with zero attached hydrogens (tertiary/aromatic N) is 1. The van der Waals surface area contributed by atoms with Gasteiger partial charge in [0.05, 0.1) is 29.4 Å². The molecule has 1 saturated heterocycles. The summed E-state index contributed by atoms with van der Waals surface area (Å²) in [6.45, 7) is 2.23. The molecule has 2 aromatic carbocycles. The van der Waals surface area contributed by atoms with Gasteiger partial charge < -0.3 is 14.6 Å². The Labute approximate surface area is 185 Å². The molecular weight excluding hydrogens is 472 g/mol. The lowest BCUT2D eigenvalue weighted by molar-refractivity contribution is -0.122. The van der Waals surface area contributed by atoms with E-state index in [0.29, 0.717) is 28.1 Å². The predicted molar refractivity (Wildman–Crippen MR) is 114 cm³/mol. The first kappa shape index (κ1) is 22.0. The Kier molecular flexibility index (Phi) is 6.40. The molecule has 1 fully saturated rings. The van der Waals surface area contributed by atoms with Gasteiger partial charge in [-0.1, -0.05) is 0 Å². The number of rotatable bonds is 6. The molecule has 0 atom stereocenters. The smallest absolute Gasteiger partial charge is 0.335 e. The highest BCUT2D eigenvalue weighted by atomic mass is 79.9. The molecule has 0 unspecified atom stereocenters. The summed E-state index contributed by atoms with van der Waals surface area (Å²) in [6, 6.07) is 7.44. The summed E-state index contributed by atoms with van der Waals surface area (Å²) in [5.74, 6) is -1.98. The normalized spacial score (nSPS) is 15.1. The number of carbonyl (C=O) groups is 4. The van der Waals surface area contributed by atoms with Crippen LogP contribution in [0.2, 0.25) is 0 Å². The van der Waals surface area contributed by atoms with E-state index in [4.69, 9.17) is 14.6 Å². The summed E-state index contributed by atoms with van der Waals surface area (Å²) in [4.78, 5) is 49.4. The zero-order valence-electron chi connectivity index (χ0n) is 16.5. The highest BCUT2D eigenvalue weighted by Gasteiger charge is 2.37. The molecule has 4 amide bonds. The van der Waals surface area contributed by atoms with Crippen molar-refractivity contribution in [2.24, 2.45) is 0 Å². The Hall–Kier alpha value is -3.66. The molecule has 31 heavy (non-hydrogen) atoms. The molecule has 160 valence electrons. The molecule has 1 aliphatic heterocycles. The molecule has 9 nitrogen and oxygen atoms in total. The fourth-order valence-corrected chi connectivity index (χ4v) is 3.49. The molecule has 0 bridgehead atoms. The maximum atomic E-state index is 13.0. The van der Waals surface area contributed by atoms with Gasteiger partial charge in [-0.2, -0.15) is 0 Å². The highest BCUT2D eigenvalue weighted by Crippen LogP contribution is 2.37. The number of methoxy groups -OCH3 is 1. The summed E-state index contributed by atoms with van der Waals surface area (Å²) in [7, 11) is 1.46. The molecule has 3 rings (SSSR count). The number of nitrogens with one attached hydrogen (secondary N) is 1. The maximum Gasteiger partial charge on any atom is 0.335 e. The number of amides is 4. The average molecular weight is 489 g/mol. The molecule has 0 saturated carbocycles. The Morgan fingerprint density at radius 1 is 1.19 bits per heavy atom. The van der Waals surface area contributed by atoms with Gasteiger partial charge in [-0.15, -0.1) is 0 Å². The first-order valence-electron chi connectivity index (χ1n) is 9.02. The van der Waals surface area contributed by atoms with E-state index in [1.807, 2.05) is 6.92 Å². The van der Waals surface area contributed by atoms with Crippen molar-refractivity contribution in [2.75, 3.05) is 18.6 Å². The van der Waals surface area contributed by atoms with Crippen LogP contribution < -0.4 is 19.7 Å². The number of urea groups is 1. The summed E-state index contributed by atoms with van der Waals surface area (Å²) in [5, 5.41) is 11.1. The van der Waals surface area contributed by atoms with Crippen LogP contribution in [-0.4, -0.2) is 42.6 Å². The van der Waals surface area contributed by atoms with E-state index in [9.17, 15) is 19.2 Å². The van der Waals surface area contributed by atoms with E-state index >= 15 is 0 Å². The van der Waals surface area contributed by atoms with Crippen molar-refractivity contribution in [3.8, 4) is 11.5 Å². The molecule has 2 aromatic rings. The number of carbonyl (C=O) groups excluding carboxylic acids is 3. The zero-order chi connectivity index (χ0) is 22.7. The summed E-state index contributed by atoms with van der Waals surface area (Å²) >= 11 is 3.38. The minimum absolute atomic E-state index is 0.00760. The molecule has 0 spiro atoms. The number of hydrogen-bond acceptors (Lipinski definition) is 6. The molecule has 2 N–H and O–H groups in total. The van der Waals surface area contributed by atoms with Crippen LogP contribution in [0.25, 0.3) is 6.08 Å². The SMILES string of the molecule is CCOc1c(Br)cc(/C=C2\C(=O)NC(=O)N(c3ccc(C(=O)O)cc3)C2=O)cc1OC. The third kappa shape index (κ3) is 4.43. The summed E-state index contributed by atoms with van der Waals surface area (Å²) in [5.41, 5.74) is 0.296. The van der Waals surface area contributed by atoms with Crippen molar-refractivity contribution in [2.45, 2.75) is 6.92 Å². The number of anilines is 1. The van der Waals surface area contributed by atoms with Crippen LogP contribution in [-0.2, 0) is 9.59 Å². The van der Waals surface area contributed by atoms with Gasteiger partial charge in [-0.3, -0.25) is 14.9 Å². The number of carboxylic acids is 1. The number of benzene rings is 2. The number of imide groups is 2. The summed E-state index contributed by atoms with van der Waals surface area (Å²) in [6.07, 6.45) is 1.33. The van der Waals surface area contributed by atoms with Crippen LogP contribution in [0.4, 0.5) is 10.5 Å². The number of carboxylic acid groups (broad SMARTS) is 1. The lowest BCUT2D eigenvalue weighted by atomic mass is 10.1. The van der Waals surface area contributed by atoms with Crippen molar-refractivity contribution >= 4 is 51.5 Å². The Bertz CT molecular complexity index is 1110. The maximum absolute atomic E-state index is 13.0. The number of barbiturate groups is 1. The standard InChI is InChI=1S/C21H17BrN2O7/c1-3-31-17-15(22)9-11(10-16(17)30-2)8-14-18(25)23-21(29)24(19(14)26)13-6-4-12(5-7-13)20(27)28/h4-10H,3H2,1-2H3,(H,27,28)(H,23,25,29)/b14-8+. The van der Waals surface area contributed by atoms with E-state index in [0.717, 1.165) is 4.90 Å². The lowest BCUT2D eigenvalue weighted by Gasteiger charge is -2.26. The molecular formula is C21H17BrN2O7. The first-order chi connectivity index (χ1) is 14.8. The van der Waals surface area contributed by atoms with Crippen LogP contribution in [0.1, 0.15) is 22.8 Å². The molecule has 1 aliphatic rings. The lowest BCUT2D eigenvalue weighted by Crippen LogP contribution is -2.54. The topological polar surface area (TPSA) is 122 Å². The number of ether oxygens (including phenoxy) is 2. The average Bonchev–Trinajstić information content (AvgIpc) is 2.73. The van der Waals surface area contributed by atoms with E-state index in [2.05, 4.69) is 21.2 Å². The monoisotopic (exact) mass is 488 g/mol. The number of halogens is 1. The van der Waals surface area contributed by atoms with Gasteiger partial charge >= 0.3 is 12.0 Å². The first-order valence-corrected chi connectivity index (χ1v) is 9.81. The fraction of sp³-hybridized carbons (Fsp3) is 0.143. The van der Waals surface area contributed by atoms with Gasteiger partial charge in [0.1, 0.15) is 5.57 Å². The minimum Gasteiger partial charge on any atom is -0.493 e. The quantitative estimate of drug-likeness (QED) is 0.472. The number of hydrogen-bond donors (Lipinski definition) is 2. The van der Waals surface area contributed by atoms with Gasteiger partial charge in [0.25, 0.3) is 11.8 Å². The van der Waals surface area contributed by atoms with E-state index < -0.39 is 23.8 Å². The van der Waals surface area contributed by atoms with Crippen LogP contribution in [0.15, 0.2) is 46.4 Å². The van der Waals surface area contributed by atoms with Crippen LogP contribution in [0.3, 0.4) is 0 Å². The summed E-state index contributed by atoms with van der Waals surface area (Å²) < 4.78 is 11.4. The van der Waals surface area contributed by atoms with Gasteiger partial charge in [-0.05, 0) is 70.9 Å². The molecule has 10 heteroatoms. The Morgan fingerprint density at radius 3 is 2.45 bits per heavy atom. The predicted octanol–water partition coefficient (Wildman–Crippen LogP) is 3.22. The Morgan fingerprint density at radius 2 is 1.87 bits per heavy atom. The second kappa shape index (κ2) is 9.00. The molecule has 0 aromatic heterocycles. The second-order valence-corrected chi connectivity index (χ2v) is 7.13. The van der Waals surface area contributed by atoms with Crippen molar-refractivity contribution < 1.29 is 33.8 Å². The van der Waals surface area contributed by atoms with Gasteiger partial charge in [0.2, 0.25) is 0 Å². The molecule has 0 radical (unpaired) electrons. The number of aromatic carboxylic acids is 1. The molecule has 0 aliphatic carbocycles. The van der Waals surface area contributed by atoms with Crippen molar-refractivity contribution in [1.29, 1.82) is 0 Å². The van der Waals surface area contributed by atoms with Gasteiger partial charge in [0, 0.05) is 0 Å². The minimum atomic E-state index is -1.15. The van der Waals surface area contributed by atoms with Gasteiger partial charge in [-0.25, -0.2) is 14.5 Å². The largest absolute Gasteiger partial charge is 0.493 e. The van der Waals surface area contributed by atoms with Crippen molar-refractivity contribution in [1.82, 2.24) is 5.32 Å². The third-order valence-corrected chi connectivity index (χ3v) is 4.91. The fourth-order valence-electron chi connectivity index (χ4n) is 2.92. The Balaban J connectivity index is 2.01.